The van der Waals surface area contributed by atoms with Crippen molar-refractivity contribution in [3.05, 3.63) is 53.1 Å². The highest BCUT2D eigenvalue weighted by Gasteiger charge is 2.31. The summed E-state index contributed by atoms with van der Waals surface area (Å²) in [4.78, 5) is 22.7. The summed E-state index contributed by atoms with van der Waals surface area (Å²) >= 11 is 0. The fraction of sp³-hybridized carbons (Fsp3) is 0.462. The van der Waals surface area contributed by atoms with Crippen molar-refractivity contribution in [1.29, 1.82) is 0 Å². The summed E-state index contributed by atoms with van der Waals surface area (Å²) in [6.07, 6.45) is -0.444. The zero-order valence-corrected chi connectivity index (χ0v) is 19.9. The van der Waals surface area contributed by atoms with E-state index in [4.69, 9.17) is 14.6 Å². The van der Waals surface area contributed by atoms with E-state index in [1.54, 1.807) is 50.2 Å². The van der Waals surface area contributed by atoms with Gasteiger partial charge in [-0.05, 0) is 42.7 Å². The normalized spacial score (nSPS) is 12.5. The topological polar surface area (TPSA) is 113 Å². The molecule has 0 saturated heterocycles. The summed E-state index contributed by atoms with van der Waals surface area (Å²) < 4.78 is 11.6. The first-order valence-electron chi connectivity index (χ1n) is 11.1. The molecule has 2 aromatic rings. The van der Waals surface area contributed by atoms with Gasteiger partial charge in [0, 0.05) is 17.4 Å². The number of carbonyl (C=O) groups excluding carboxylic acids is 1. The van der Waals surface area contributed by atoms with Crippen molar-refractivity contribution in [3.8, 4) is 17.2 Å². The molecule has 180 valence electrons. The summed E-state index contributed by atoms with van der Waals surface area (Å²) in [6.45, 7) is 9.49. The number of ether oxygens (including phenoxy) is 2. The maximum absolute atomic E-state index is 11.7. The molecule has 33 heavy (non-hydrogen) atoms. The zero-order valence-electron chi connectivity index (χ0n) is 19.9. The summed E-state index contributed by atoms with van der Waals surface area (Å²) in [5.74, 6) is -0.00170. The van der Waals surface area contributed by atoms with Crippen LogP contribution in [0.3, 0.4) is 0 Å². The molecule has 2 aromatic carbocycles. The maximum atomic E-state index is 11.7. The van der Waals surface area contributed by atoms with Crippen LogP contribution in [0.25, 0.3) is 0 Å². The van der Waals surface area contributed by atoms with Crippen molar-refractivity contribution in [2.24, 2.45) is 5.41 Å². The van der Waals surface area contributed by atoms with E-state index in [-0.39, 0.29) is 29.4 Å². The number of hydrogen-bond donors (Lipinski definition) is 3. The van der Waals surface area contributed by atoms with Crippen molar-refractivity contribution in [2.45, 2.75) is 59.5 Å². The van der Waals surface area contributed by atoms with Crippen LogP contribution in [0.4, 0.5) is 0 Å². The number of aliphatic hydroxyl groups is 1. The highest BCUT2D eigenvalue weighted by molar-refractivity contribution is 5.97. The van der Waals surface area contributed by atoms with Crippen molar-refractivity contribution in [2.75, 3.05) is 13.2 Å². The van der Waals surface area contributed by atoms with E-state index in [1.165, 1.54) is 6.92 Å². The van der Waals surface area contributed by atoms with Gasteiger partial charge in [-0.1, -0.05) is 39.8 Å². The monoisotopic (exact) mass is 458 g/mol. The van der Waals surface area contributed by atoms with Crippen molar-refractivity contribution >= 4 is 11.8 Å². The van der Waals surface area contributed by atoms with Crippen LogP contribution >= 0.6 is 0 Å². The fourth-order valence-corrected chi connectivity index (χ4v) is 3.67. The quantitative estimate of drug-likeness (QED) is 0.299. The predicted octanol–water partition coefficient (Wildman–Crippen LogP) is 5.10. The smallest absolute Gasteiger partial charge is 0.303 e. The number of hydrogen-bond acceptors (Lipinski definition) is 6. The van der Waals surface area contributed by atoms with Gasteiger partial charge in [0.2, 0.25) is 0 Å². The second kappa shape index (κ2) is 11.2. The molecular weight excluding hydrogens is 424 g/mol. The van der Waals surface area contributed by atoms with E-state index in [1.807, 2.05) is 13.8 Å². The van der Waals surface area contributed by atoms with Gasteiger partial charge in [-0.3, -0.25) is 9.59 Å². The number of rotatable bonds is 12. The van der Waals surface area contributed by atoms with E-state index in [2.05, 4.69) is 0 Å². The standard InChI is InChI=1S/C26H34O7/c1-16(2)23-21(12-11-20(17(3)27)24(23)30)33-14-6-13-32-19-9-7-18(8-10-19)25(31)26(4,5)15-22(28)29/h7-12,16,25,30-31H,6,13-15H2,1-5H3,(H,28,29). The third-order valence-electron chi connectivity index (χ3n) is 5.49. The Morgan fingerprint density at radius 2 is 1.61 bits per heavy atom. The molecule has 0 radical (unpaired) electrons. The number of aliphatic hydroxyl groups excluding tert-OH is 1. The lowest BCUT2D eigenvalue weighted by atomic mass is 9.80. The maximum Gasteiger partial charge on any atom is 0.303 e. The Morgan fingerprint density at radius 1 is 1.00 bits per heavy atom. The molecule has 0 amide bonds. The van der Waals surface area contributed by atoms with Crippen molar-refractivity contribution < 1.29 is 34.4 Å². The number of Topliss-reactive ketones (excluding diaryl/α,β-unsaturated/α-hetero) is 1. The van der Waals surface area contributed by atoms with Gasteiger partial charge in [-0.2, -0.15) is 0 Å². The summed E-state index contributed by atoms with van der Waals surface area (Å²) in [7, 11) is 0. The van der Waals surface area contributed by atoms with Crippen LogP contribution < -0.4 is 9.47 Å². The van der Waals surface area contributed by atoms with E-state index < -0.39 is 17.5 Å². The van der Waals surface area contributed by atoms with Gasteiger partial charge in [0.25, 0.3) is 0 Å². The first kappa shape index (κ1) is 26.2. The number of carboxylic acids is 1. The van der Waals surface area contributed by atoms with Gasteiger partial charge in [0.1, 0.15) is 17.2 Å². The van der Waals surface area contributed by atoms with Crippen LogP contribution in [0, 0.1) is 5.41 Å². The molecule has 7 nitrogen and oxygen atoms in total. The van der Waals surface area contributed by atoms with Crippen LogP contribution in [-0.4, -0.2) is 40.3 Å². The third-order valence-corrected chi connectivity index (χ3v) is 5.49. The molecule has 0 aromatic heterocycles. The number of ketones is 1. The van der Waals surface area contributed by atoms with Crippen LogP contribution in [0.2, 0.25) is 0 Å². The molecule has 1 atom stereocenters. The molecule has 0 fully saturated rings. The third kappa shape index (κ3) is 6.96. The van der Waals surface area contributed by atoms with Gasteiger partial charge in [-0.25, -0.2) is 0 Å². The molecule has 0 spiro atoms. The molecule has 0 aliphatic heterocycles. The second-order valence-electron chi connectivity index (χ2n) is 9.17. The summed E-state index contributed by atoms with van der Waals surface area (Å²) in [5, 5.41) is 30.0. The minimum Gasteiger partial charge on any atom is -0.507 e. The Bertz CT molecular complexity index is 961. The van der Waals surface area contributed by atoms with Crippen molar-refractivity contribution in [3.63, 3.8) is 0 Å². The van der Waals surface area contributed by atoms with E-state index in [9.17, 15) is 19.8 Å². The van der Waals surface area contributed by atoms with Crippen LogP contribution in [0.15, 0.2) is 36.4 Å². The summed E-state index contributed by atoms with van der Waals surface area (Å²) in [6, 6.07) is 10.2. The number of aromatic hydroxyl groups is 1. The second-order valence-corrected chi connectivity index (χ2v) is 9.17. The Labute approximate surface area is 195 Å². The Hall–Kier alpha value is -3.06. The van der Waals surface area contributed by atoms with Crippen LogP contribution in [0.5, 0.6) is 17.2 Å². The zero-order chi connectivity index (χ0) is 24.8. The van der Waals surface area contributed by atoms with E-state index in [0.29, 0.717) is 42.3 Å². The number of phenols is 1. The molecular formula is C26H34O7. The average molecular weight is 459 g/mol. The highest BCUT2D eigenvalue weighted by atomic mass is 16.5. The SMILES string of the molecule is CC(=O)c1ccc(OCCCOc2ccc(C(O)C(C)(C)CC(=O)O)cc2)c(C(C)C)c1O. The number of phenolic OH excluding ortho intramolecular Hbond substituents is 1. The molecule has 2 rings (SSSR count). The molecule has 0 heterocycles. The summed E-state index contributed by atoms with van der Waals surface area (Å²) in [5.41, 5.74) is 0.738. The van der Waals surface area contributed by atoms with Gasteiger partial charge in [-0.15, -0.1) is 0 Å². The molecule has 0 bridgehead atoms. The molecule has 7 heteroatoms. The highest BCUT2D eigenvalue weighted by Crippen LogP contribution is 2.38. The lowest BCUT2D eigenvalue weighted by Gasteiger charge is -2.29. The first-order valence-corrected chi connectivity index (χ1v) is 11.1. The number of benzene rings is 2. The minimum atomic E-state index is -0.952. The average Bonchev–Trinajstić information content (AvgIpc) is 2.72. The Morgan fingerprint density at radius 3 is 2.15 bits per heavy atom. The van der Waals surface area contributed by atoms with Gasteiger partial charge >= 0.3 is 5.97 Å². The largest absolute Gasteiger partial charge is 0.507 e. The van der Waals surface area contributed by atoms with Crippen LogP contribution in [0.1, 0.15) is 81.0 Å². The lowest BCUT2D eigenvalue weighted by molar-refractivity contribution is -0.141. The molecule has 3 N–H and O–H groups in total. The molecule has 1 unspecified atom stereocenters. The molecule has 0 saturated carbocycles. The molecule has 0 aliphatic carbocycles. The number of aliphatic carboxylic acids is 1. The number of carboxylic acid groups (broad SMARTS) is 1. The Kier molecular flexibility index (Phi) is 8.88. The first-order chi connectivity index (χ1) is 15.4. The van der Waals surface area contributed by atoms with Crippen LogP contribution in [-0.2, 0) is 4.79 Å². The van der Waals surface area contributed by atoms with Gasteiger partial charge in [0.15, 0.2) is 5.78 Å². The predicted molar refractivity (Wildman–Crippen MR) is 125 cm³/mol. The molecule has 0 aliphatic rings. The van der Waals surface area contributed by atoms with Gasteiger partial charge < -0.3 is 24.8 Å². The number of carbonyl (C=O) groups is 2. The van der Waals surface area contributed by atoms with Gasteiger partial charge in [0.05, 0.1) is 31.3 Å². The lowest BCUT2D eigenvalue weighted by Crippen LogP contribution is -2.25. The van der Waals surface area contributed by atoms with E-state index in [0.717, 1.165) is 0 Å². The fourth-order valence-electron chi connectivity index (χ4n) is 3.67. The minimum absolute atomic E-state index is 0.00936. The van der Waals surface area contributed by atoms with E-state index >= 15 is 0 Å². The van der Waals surface area contributed by atoms with Crippen molar-refractivity contribution in [1.82, 2.24) is 0 Å². The Balaban J connectivity index is 1.89.